The van der Waals surface area contributed by atoms with Crippen LogP contribution in [0.2, 0.25) is 0 Å². The van der Waals surface area contributed by atoms with Gasteiger partial charge in [0.2, 0.25) is 0 Å². The molecule has 0 aromatic heterocycles. The minimum atomic E-state index is -5.67. The monoisotopic (exact) mass is 280 g/mol. The Bertz CT molecular complexity index is 278. The fourth-order valence-corrected chi connectivity index (χ4v) is 1.31. The van der Waals surface area contributed by atoms with E-state index in [4.69, 9.17) is 0 Å². The summed E-state index contributed by atoms with van der Waals surface area (Å²) in [5.74, 6) is -1.51. The van der Waals surface area contributed by atoms with Gasteiger partial charge in [0.25, 0.3) is 6.10 Å². The van der Waals surface area contributed by atoms with Gasteiger partial charge in [-0.05, 0) is 20.3 Å². The number of alkyl halides is 6. The number of rotatable bonds is 4. The number of esters is 1. The van der Waals surface area contributed by atoms with Crippen LogP contribution in [0, 0.1) is 5.41 Å². The zero-order chi connectivity index (χ0) is 14.8. The van der Waals surface area contributed by atoms with Gasteiger partial charge in [-0.15, -0.1) is 0 Å². The highest BCUT2D eigenvalue weighted by Crippen LogP contribution is 2.37. The molecule has 0 atom stereocenters. The summed E-state index contributed by atoms with van der Waals surface area (Å²) in [5.41, 5.74) is -1.39. The highest BCUT2D eigenvalue weighted by molar-refractivity contribution is 5.76. The standard InChI is InChI=1S/C10H14F6O2/c1-4-5-8(2,3)7(17)18-6(9(11,12)13)10(14,15)16/h6H,4-5H2,1-3H3. The van der Waals surface area contributed by atoms with Crippen molar-refractivity contribution >= 4 is 5.97 Å². The van der Waals surface area contributed by atoms with Crippen LogP contribution in [0.15, 0.2) is 0 Å². The van der Waals surface area contributed by atoms with Gasteiger partial charge in [0.05, 0.1) is 5.41 Å². The molecular formula is C10H14F6O2. The number of carbonyl (C=O) groups excluding carboxylic acids is 1. The summed E-state index contributed by atoms with van der Waals surface area (Å²) in [6.45, 7) is 4.13. The number of carbonyl (C=O) groups is 1. The largest absolute Gasteiger partial charge is 0.442 e. The molecular weight excluding hydrogens is 266 g/mol. The first-order valence-electron chi connectivity index (χ1n) is 5.17. The van der Waals surface area contributed by atoms with Crippen LogP contribution in [-0.2, 0) is 9.53 Å². The molecule has 0 saturated heterocycles. The summed E-state index contributed by atoms with van der Waals surface area (Å²) in [4.78, 5) is 11.3. The first-order chi connectivity index (χ1) is 7.82. The lowest BCUT2D eigenvalue weighted by molar-refractivity contribution is -0.315. The Morgan fingerprint density at radius 2 is 1.44 bits per heavy atom. The Morgan fingerprint density at radius 3 is 1.72 bits per heavy atom. The summed E-state index contributed by atoms with van der Waals surface area (Å²) in [6.07, 6.45) is -14.8. The topological polar surface area (TPSA) is 26.3 Å². The summed E-state index contributed by atoms with van der Waals surface area (Å²) in [5, 5.41) is 0. The maximum absolute atomic E-state index is 12.2. The summed E-state index contributed by atoms with van der Waals surface area (Å²) >= 11 is 0. The molecule has 0 bridgehead atoms. The van der Waals surface area contributed by atoms with E-state index in [0.29, 0.717) is 6.42 Å². The van der Waals surface area contributed by atoms with Crippen molar-refractivity contribution in [2.24, 2.45) is 5.41 Å². The molecule has 0 amide bonds. The Kier molecular flexibility index (Phi) is 5.07. The maximum atomic E-state index is 12.2. The van der Waals surface area contributed by atoms with Gasteiger partial charge in [0.1, 0.15) is 0 Å². The van der Waals surface area contributed by atoms with E-state index in [9.17, 15) is 31.1 Å². The zero-order valence-electron chi connectivity index (χ0n) is 10.1. The minimum Gasteiger partial charge on any atom is -0.442 e. The molecule has 0 aliphatic rings. The number of halogens is 6. The second-order valence-corrected chi connectivity index (χ2v) is 4.50. The van der Waals surface area contributed by atoms with E-state index in [1.165, 1.54) is 13.8 Å². The van der Waals surface area contributed by atoms with E-state index in [1.54, 1.807) is 6.92 Å². The lowest BCUT2D eigenvalue weighted by Crippen LogP contribution is -2.47. The van der Waals surface area contributed by atoms with E-state index in [0.717, 1.165) is 0 Å². The molecule has 0 N–H and O–H groups in total. The molecule has 108 valence electrons. The molecule has 0 radical (unpaired) electrons. The van der Waals surface area contributed by atoms with Crippen LogP contribution >= 0.6 is 0 Å². The van der Waals surface area contributed by atoms with Crippen LogP contribution in [-0.4, -0.2) is 24.4 Å². The van der Waals surface area contributed by atoms with Crippen LogP contribution in [0.4, 0.5) is 26.3 Å². The molecule has 0 aromatic rings. The first kappa shape index (κ1) is 17.1. The molecule has 0 fully saturated rings. The maximum Gasteiger partial charge on any atom is 0.434 e. The molecule has 0 unspecified atom stereocenters. The van der Waals surface area contributed by atoms with Crippen molar-refractivity contribution in [2.75, 3.05) is 0 Å². The van der Waals surface area contributed by atoms with Crippen molar-refractivity contribution in [3.63, 3.8) is 0 Å². The fourth-order valence-electron chi connectivity index (χ4n) is 1.31. The highest BCUT2D eigenvalue weighted by atomic mass is 19.4. The average molecular weight is 280 g/mol. The van der Waals surface area contributed by atoms with Crippen LogP contribution < -0.4 is 0 Å². The second-order valence-electron chi connectivity index (χ2n) is 4.50. The highest BCUT2D eigenvalue weighted by Gasteiger charge is 2.60. The van der Waals surface area contributed by atoms with Gasteiger partial charge in [0, 0.05) is 0 Å². The summed E-state index contributed by atoms with van der Waals surface area (Å²) in [7, 11) is 0. The molecule has 0 aliphatic heterocycles. The van der Waals surface area contributed by atoms with Crippen molar-refractivity contribution in [2.45, 2.75) is 52.1 Å². The normalized spacial score (nSPS) is 13.9. The Balaban J connectivity index is 4.98. The van der Waals surface area contributed by atoms with Crippen molar-refractivity contribution in [1.29, 1.82) is 0 Å². The Hall–Kier alpha value is -0.950. The summed E-state index contributed by atoms with van der Waals surface area (Å²) < 4.78 is 76.5. The number of hydrogen-bond donors (Lipinski definition) is 0. The lowest BCUT2D eigenvalue weighted by Gasteiger charge is -2.28. The Morgan fingerprint density at radius 1 is 1.06 bits per heavy atom. The third-order valence-electron chi connectivity index (χ3n) is 2.25. The van der Waals surface area contributed by atoms with Crippen LogP contribution in [0.1, 0.15) is 33.6 Å². The third-order valence-corrected chi connectivity index (χ3v) is 2.25. The SMILES string of the molecule is CCCC(C)(C)C(=O)OC(C(F)(F)F)C(F)(F)F. The molecule has 8 heteroatoms. The molecule has 0 rings (SSSR count). The van der Waals surface area contributed by atoms with E-state index in [1.807, 2.05) is 0 Å². The fraction of sp³-hybridized carbons (Fsp3) is 0.900. The molecule has 0 heterocycles. The van der Waals surface area contributed by atoms with E-state index < -0.39 is 29.8 Å². The Labute approximate surface area is 100 Å². The van der Waals surface area contributed by atoms with Gasteiger partial charge in [-0.3, -0.25) is 4.79 Å². The van der Waals surface area contributed by atoms with Gasteiger partial charge in [-0.2, -0.15) is 26.3 Å². The smallest absolute Gasteiger partial charge is 0.434 e. The number of hydrogen-bond acceptors (Lipinski definition) is 2. The van der Waals surface area contributed by atoms with Crippen molar-refractivity contribution in [3.05, 3.63) is 0 Å². The minimum absolute atomic E-state index is 0.133. The van der Waals surface area contributed by atoms with E-state index >= 15 is 0 Å². The lowest BCUT2D eigenvalue weighted by atomic mass is 9.88. The second kappa shape index (κ2) is 5.36. The molecule has 0 aliphatic carbocycles. The van der Waals surface area contributed by atoms with E-state index in [-0.39, 0.29) is 6.42 Å². The van der Waals surface area contributed by atoms with Crippen molar-refractivity contribution in [1.82, 2.24) is 0 Å². The predicted molar refractivity (Wildman–Crippen MR) is 50.7 cm³/mol. The van der Waals surface area contributed by atoms with Gasteiger partial charge >= 0.3 is 18.3 Å². The van der Waals surface area contributed by atoms with Gasteiger partial charge in [0.15, 0.2) is 0 Å². The quantitative estimate of drug-likeness (QED) is 0.577. The van der Waals surface area contributed by atoms with Crippen molar-refractivity contribution < 1.29 is 35.9 Å². The van der Waals surface area contributed by atoms with E-state index in [2.05, 4.69) is 4.74 Å². The molecule has 0 saturated carbocycles. The third kappa shape index (κ3) is 4.73. The van der Waals surface area contributed by atoms with Gasteiger partial charge in [-0.25, -0.2) is 0 Å². The molecule has 0 spiro atoms. The van der Waals surface area contributed by atoms with Gasteiger partial charge < -0.3 is 4.74 Å². The van der Waals surface area contributed by atoms with Crippen LogP contribution in [0.25, 0.3) is 0 Å². The first-order valence-corrected chi connectivity index (χ1v) is 5.17. The zero-order valence-corrected chi connectivity index (χ0v) is 10.1. The molecule has 2 nitrogen and oxygen atoms in total. The van der Waals surface area contributed by atoms with Crippen molar-refractivity contribution in [3.8, 4) is 0 Å². The van der Waals surface area contributed by atoms with Crippen LogP contribution in [0.5, 0.6) is 0 Å². The van der Waals surface area contributed by atoms with Crippen LogP contribution in [0.3, 0.4) is 0 Å². The summed E-state index contributed by atoms with van der Waals surface area (Å²) in [6, 6.07) is 0. The average Bonchev–Trinajstić information content (AvgIpc) is 2.09. The predicted octanol–water partition coefficient (Wildman–Crippen LogP) is 3.85. The van der Waals surface area contributed by atoms with Gasteiger partial charge in [-0.1, -0.05) is 13.3 Å². The number of ether oxygens (including phenoxy) is 1. The molecule has 0 aromatic carbocycles. The molecule has 18 heavy (non-hydrogen) atoms.